The average molecular weight is 145 g/mol. The SMILES string of the molecule is OC/C(F)=C1/CCCNC1. The third-order valence-corrected chi connectivity index (χ3v) is 1.69. The highest BCUT2D eigenvalue weighted by atomic mass is 19.1. The number of hydrogen-bond donors (Lipinski definition) is 2. The molecule has 0 amide bonds. The molecule has 0 unspecified atom stereocenters. The standard InChI is InChI=1S/C7H12FNO/c8-7(5-10)6-2-1-3-9-4-6/h9-10H,1-5H2/b7-6+. The summed E-state index contributed by atoms with van der Waals surface area (Å²) in [6, 6.07) is 0. The summed E-state index contributed by atoms with van der Waals surface area (Å²) in [6.45, 7) is 1.12. The van der Waals surface area contributed by atoms with Gasteiger partial charge < -0.3 is 10.4 Å². The molecule has 0 saturated carbocycles. The summed E-state index contributed by atoms with van der Waals surface area (Å²) in [5.41, 5.74) is 0.730. The highest BCUT2D eigenvalue weighted by Crippen LogP contribution is 2.13. The van der Waals surface area contributed by atoms with Crippen molar-refractivity contribution in [2.75, 3.05) is 19.7 Å². The van der Waals surface area contributed by atoms with Gasteiger partial charge in [-0.05, 0) is 25.0 Å². The first-order valence-electron chi connectivity index (χ1n) is 3.52. The highest BCUT2D eigenvalue weighted by molar-refractivity contribution is 5.11. The van der Waals surface area contributed by atoms with Crippen molar-refractivity contribution < 1.29 is 9.50 Å². The van der Waals surface area contributed by atoms with Crippen molar-refractivity contribution in [1.29, 1.82) is 0 Å². The maximum absolute atomic E-state index is 12.6. The van der Waals surface area contributed by atoms with E-state index in [2.05, 4.69) is 5.32 Å². The fraction of sp³-hybridized carbons (Fsp3) is 0.714. The quantitative estimate of drug-likeness (QED) is 0.566. The van der Waals surface area contributed by atoms with Crippen LogP contribution in [0.25, 0.3) is 0 Å². The lowest BCUT2D eigenvalue weighted by molar-refractivity contribution is 0.293. The van der Waals surface area contributed by atoms with Crippen LogP contribution in [0.3, 0.4) is 0 Å². The predicted molar refractivity (Wildman–Crippen MR) is 37.3 cm³/mol. The van der Waals surface area contributed by atoms with Crippen LogP contribution in [-0.4, -0.2) is 24.8 Å². The van der Waals surface area contributed by atoms with E-state index < -0.39 is 6.61 Å². The van der Waals surface area contributed by atoms with Crippen molar-refractivity contribution in [2.45, 2.75) is 12.8 Å². The van der Waals surface area contributed by atoms with E-state index in [9.17, 15) is 4.39 Å². The topological polar surface area (TPSA) is 32.3 Å². The zero-order valence-corrected chi connectivity index (χ0v) is 5.86. The third kappa shape index (κ3) is 1.78. The second kappa shape index (κ2) is 3.68. The molecule has 2 N–H and O–H groups in total. The number of rotatable bonds is 1. The molecule has 0 aromatic heterocycles. The molecule has 3 heteroatoms. The summed E-state index contributed by atoms with van der Waals surface area (Å²) < 4.78 is 12.6. The minimum Gasteiger partial charge on any atom is -0.389 e. The lowest BCUT2D eigenvalue weighted by Gasteiger charge is -2.15. The Morgan fingerprint density at radius 2 is 2.50 bits per heavy atom. The van der Waals surface area contributed by atoms with Crippen molar-refractivity contribution in [1.82, 2.24) is 5.32 Å². The predicted octanol–water partition coefficient (Wildman–Crippen LogP) is 0.586. The summed E-state index contributed by atoms with van der Waals surface area (Å²) >= 11 is 0. The van der Waals surface area contributed by atoms with Crippen LogP contribution in [0.15, 0.2) is 11.4 Å². The van der Waals surface area contributed by atoms with Gasteiger partial charge in [0, 0.05) is 6.54 Å². The minimum atomic E-state index is -0.447. The van der Waals surface area contributed by atoms with E-state index in [1.54, 1.807) is 0 Å². The summed E-state index contributed by atoms with van der Waals surface area (Å²) in [6.07, 6.45) is 1.77. The molecule has 0 aromatic carbocycles. The number of aliphatic hydroxyl groups excluding tert-OH is 1. The Balaban J connectivity index is 2.51. The zero-order valence-electron chi connectivity index (χ0n) is 5.86. The first-order chi connectivity index (χ1) is 4.84. The maximum Gasteiger partial charge on any atom is 0.126 e. The van der Waals surface area contributed by atoms with Crippen LogP contribution in [0, 0.1) is 0 Å². The van der Waals surface area contributed by atoms with Gasteiger partial charge in [-0.2, -0.15) is 0 Å². The van der Waals surface area contributed by atoms with E-state index in [1.807, 2.05) is 0 Å². The number of nitrogens with one attached hydrogen (secondary N) is 1. The van der Waals surface area contributed by atoms with Crippen molar-refractivity contribution in [3.8, 4) is 0 Å². The molecule has 10 heavy (non-hydrogen) atoms. The smallest absolute Gasteiger partial charge is 0.126 e. The zero-order chi connectivity index (χ0) is 7.40. The fourth-order valence-electron chi connectivity index (χ4n) is 1.10. The molecule has 1 rings (SSSR count). The first-order valence-corrected chi connectivity index (χ1v) is 3.52. The molecule has 2 nitrogen and oxygen atoms in total. The van der Waals surface area contributed by atoms with Crippen LogP contribution in [0.2, 0.25) is 0 Å². The van der Waals surface area contributed by atoms with Crippen LogP contribution in [0.4, 0.5) is 4.39 Å². The molecule has 1 fully saturated rings. The molecule has 0 atom stereocenters. The van der Waals surface area contributed by atoms with Gasteiger partial charge in [0.25, 0.3) is 0 Å². The van der Waals surface area contributed by atoms with Gasteiger partial charge in [0.2, 0.25) is 0 Å². The van der Waals surface area contributed by atoms with E-state index >= 15 is 0 Å². The largest absolute Gasteiger partial charge is 0.389 e. The Morgan fingerprint density at radius 1 is 1.70 bits per heavy atom. The third-order valence-electron chi connectivity index (χ3n) is 1.69. The molecule has 58 valence electrons. The summed E-state index contributed by atoms with van der Waals surface area (Å²) in [5.74, 6) is -0.354. The Hall–Kier alpha value is -0.410. The van der Waals surface area contributed by atoms with Gasteiger partial charge in [0.05, 0.1) is 6.61 Å². The lowest BCUT2D eigenvalue weighted by Crippen LogP contribution is -2.24. The van der Waals surface area contributed by atoms with E-state index in [4.69, 9.17) is 5.11 Å². The summed E-state index contributed by atoms with van der Waals surface area (Å²) in [7, 11) is 0. The van der Waals surface area contributed by atoms with Crippen LogP contribution in [-0.2, 0) is 0 Å². The van der Waals surface area contributed by atoms with Crippen molar-refractivity contribution in [3.05, 3.63) is 11.4 Å². The molecule has 0 aliphatic carbocycles. The number of piperidine rings is 1. The monoisotopic (exact) mass is 145 g/mol. The molecule has 1 aliphatic heterocycles. The molecule has 0 radical (unpaired) electrons. The van der Waals surface area contributed by atoms with Gasteiger partial charge in [0.1, 0.15) is 5.83 Å². The maximum atomic E-state index is 12.6. The highest BCUT2D eigenvalue weighted by Gasteiger charge is 2.08. The molecule has 0 spiro atoms. The Labute approximate surface area is 59.7 Å². The van der Waals surface area contributed by atoms with Crippen molar-refractivity contribution in [3.63, 3.8) is 0 Å². The van der Waals surface area contributed by atoms with Gasteiger partial charge in [-0.15, -0.1) is 0 Å². The molecular formula is C7H12FNO. The van der Waals surface area contributed by atoms with E-state index in [1.165, 1.54) is 0 Å². The van der Waals surface area contributed by atoms with Crippen molar-refractivity contribution in [2.24, 2.45) is 0 Å². The van der Waals surface area contributed by atoms with Crippen molar-refractivity contribution >= 4 is 0 Å². The molecule has 1 saturated heterocycles. The normalized spacial score (nSPS) is 24.6. The molecule has 0 aromatic rings. The van der Waals surface area contributed by atoms with Gasteiger partial charge in [-0.1, -0.05) is 0 Å². The molecule has 1 aliphatic rings. The second-order valence-electron chi connectivity index (χ2n) is 2.45. The molecular weight excluding hydrogens is 133 g/mol. The number of aliphatic hydroxyl groups is 1. The van der Waals surface area contributed by atoms with Crippen LogP contribution in [0.1, 0.15) is 12.8 Å². The minimum absolute atomic E-state index is 0.354. The summed E-state index contributed by atoms with van der Waals surface area (Å²) in [4.78, 5) is 0. The molecule has 0 bridgehead atoms. The molecule has 1 heterocycles. The van der Waals surface area contributed by atoms with Gasteiger partial charge in [-0.3, -0.25) is 0 Å². The average Bonchev–Trinajstić information content (AvgIpc) is 2.05. The van der Waals surface area contributed by atoms with Gasteiger partial charge in [-0.25, -0.2) is 4.39 Å². The van der Waals surface area contributed by atoms with Crippen LogP contribution in [0.5, 0.6) is 0 Å². The Bertz CT molecular complexity index is 137. The van der Waals surface area contributed by atoms with Crippen LogP contribution < -0.4 is 5.32 Å². The first kappa shape index (κ1) is 7.69. The number of halogens is 1. The summed E-state index contributed by atoms with van der Waals surface area (Å²) in [5, 5.41) is 11.5. The number of hydrogen-bond acceptors (Lipinski definition) is 2. The van der Waals surface area contributed by atoms with Crippen LogP contribution >= 0.6 is 0 Å². The van der Waals surface area contributed by atoms with E-state index in [-0.39, 0.29) is 5.83 Å². The van der Waals surface area contributed by atoms with E-state index in [0.29, 0.717) is 6.54 Å². The van der Waals surface area contributed by atoms with Gasteiger partial charge in [0.15, 0.2) is 0 Å². The van der Waals surface area contributed by atoms with E-state index in [0.717, 1.165) is 25.0 Å². The second-order valence-corrected chi connectivity index (χ2v) is 2.45. The lowest BCUT2D eigenvalue weighted by atomic mass is 10.1. The Kier molecular flexibility index (Phi) is 2.83. The van der Waals surface area contributed by atoms with Gasteiger partial charge >= 0.3 is 0 Å². The Morgan fingerprint density at radius 3 is 3.00 bits per heavy atom. The fourth-order valence-corrected chi connectivity index (χ4v) is 1.10.